The van der Waals surface area contributed by atoms with E-state index in [1.54, 1.807) is 20.8 Å². The number of piperidine rings is 1. The summed E-state index contributed by atoms with van der Waals surface area (Å²) in [6.07, 6.45) is 0.510. The van der Waals surface area contributed by atoms with Crippen molar-refractivity contribution in [1.29, 1.82) is 0 Å². The van der Waals surface area contributed by atoms with Crippen LogP contribution in [0.15, 0.2) is 0 Å². The fourth-order valence-electron chi connectivity index (χ4n) is 3.60. The van der Waals surface area contributed by atoms with Crippen LogP contribution in [0, 0.1) is 5.41 Å². The lowest BCUT2D eigenvalue weighted by Crippen LogP contribution is -2.56. The third-order valence-corrected chi connectivity index (χ3v) is 4.75. The highest BCUT2D eigenvalue weighted by Gasteiger charge is 2.53. The van der Waals surface area contributed by atoms with Crippen molar-refractivity contribution in [3.63, 3.8) is 0 Å². The first kappa shape index (κ1) is 16.5. The molecule has 1 saturated heterocycles. The van der Waals surface area contributed by atoms with Crippen molar-refractivity contribution in [1.82, 2.24) is 4.90 Å². The highest BCUT2D eigenvalue weighted by atomic mass is 16.6. The SMILES string of the molecule is CC(C)(C)OC(=O)N1CCC2(C[C@@H]1CO)[C@H](O)CC[C@H]2O. The van der Waals surface area contributed by atoms with Crippen LogP contribution in [0.3, 0.4) is 0 Å². The largest absolute Gasteiger partial charge is 0.444 e. The molecular formula is C15H27NO5. The zero-order valence-corrected chi connectivity index (χ0v) is 13.1. The Morgan fingerprint density at radius 1 is 1.29 bits per heavy atom. The smallest absolute Gasteiger partial charge is 0.410 e. The minimum Gasteiger partial charge on any atom is -0.444 e. The maximum atomic E-state index is 12.2. The molecule has 122 valence electrons. The lowest BCUT2D eigenvalue weighted by molar-refractivity contribution is -0.0905. The number of likely N-dealkylation sites (tertiary alicyclic amines) is 1. The average Bonchev–Trinajstić information content (AvgIpc) is 2.65. The molecule has 1 amide bonds. The van der Waals surface area contributed by atoms with Gasteiger partial charge in [0, 0.05) is 12.0 Å². The van der Waals surface area contributed by atoms with Crippen LogP contribution < -0.4 is 0 Å². The Labute approximate surface area is 125 Å². The summed E-state index contributed by atoms with van der Waals surface area (Å²) in [5.74, 6) is 0. The molecule has 1 saturated carbocycles. The zero-order chi connectivity index (χ0) is 15.8. The van der Waals surface area contributed by atoms with Crippen molar-refractivity contribution >= 4 is 6.09 Å². The molecule has 1 spiro atoms. The van der Waals surface area contributed by atoms with Crippen molar-refractivity contribution < 1.29 is 24.9 Å². The van der Waals surface area contributed by atoms with Gasteiger partial charge in [0.1, 0.15) is 5.60 Å². The molecule has 1 aliphatic carbocycles. The van der Waals surface area contributed by atoms with Crippen molar-refractivity contribution in [2.75, 3.05) is 13.2 Å². The molecular weight excluding hydrogens is 274 g/mol. The molecule has 0 unspecified atom stereocenters. The van der Waals surface area contributed by atoms with Gasteiger partial charge in [-0.1, -0.05) is 0 Å². The van der Waals surface area contributed by atoms with Crippen LogP contribution in [0.5, 0.6) is 0 Å². The van der Waals surface area contributed by atoms with E-state index in [2.05, 4.69) is 0 Å². The predicted octanol–water partition coefficient (Wildman–Crippen LogP) is 0.880. The van der Waals surface area contributed by atoms with Gasteiger partial charge in [0.15, 0.2) is 0 Å². The average molecular weight is 301 g/mol. The van der Waals surface area contributed by atoms with Gasteiger partial charge in [-0.15, -0.1) is 0 Å². The Bertz CT molecular complexity index is 382. The number of amides is 1. The molecule has 2 rings (SSSR count). The summed E-state index contributed by atoms with van der Waals surface area (Å²) in [6.45, 7) is 5.59. The van der Waals surface area contributed by atoms with Gasteiger partial charge in [0.05, 0.1) is 24.9 Å². The molecule has 2 aliphatic rings. The molecule has 0 radical (unpaired) electrons. The van der Waals surface area contributed by atoms with Gasteiger partial charge in [-0.05, 0) is 46.5 Å². The maximum Gasteiger partial charge on any atom is 0.410 e. The van der Waals surface area contributed by atoms with Crippen LogP contribution in [0.25, 0.3) is 0 Å². The number of rotatable bonds is 1. The topological polar surface area (TPSA) is 90.2 Å². The second-order valence-corrected chi connectivity index (χ2v) is 7.31. The molecule has 0 aromatic heterocycles. The number of aliphatic hydroxyl groups excluding tert-OH is 3. The first-order valence-corrected chi connectivity index (χ1v) is 7.66. The number of ether oxygens (including phenoxy) is 1. The number of carbonyl (C=O) groups excluding carboxylic acids is 1. The van der Waals surface area contributed by atoms with Crippen molar-refractivity contribution in [2.45, 2.75) is 70.3 Å². The highest BCUT2D eigenvalue weighted by Crippen LogP contribution is 2.48. The molecule has 2 fully saturated rings. The molecule has 3 atom stereocenters. The first-order chi connectivity index (χ1) is 9.69. The Morgan fingerprint density at radius 2 is 1.86 bits per heavy atom. The Balaban J connectivity index is 2.10. The number of carbonyl (C=O) groups is 1. The molecule has 6 nitrogen and oxygen atoms in total. The van der Waals surface area contributed by atoms with E-state index in [0.717, 1.165) is 0 Å². The van der Waals surface area contributed by atoms with E-state index in [4.69, 9.17) is 4.74 Å². The van der Waals surface area contributed by atoms with E-state index in [1.165, 1.54) is 4.90 Å². The summed E-state index contributed by atoms with van der Waals surface area (Å²) >= 11 is 0. The Hall–Kier alpha value is -0.850. The van der Waals surface area contributed by atoms with Gasteiger partial charge in [-0.2, -0.15) is 0 Å². The van der Waals surface area contributed by atoms with Gasteiger partial charge < -0.3 is 25.0 Å². The van der Waals surface area contributed by atoms with E-state index < -0.39 is 35.4 Å². The summed E-state index contributed by atoms with van der Waals surface area (Å²) in [7, 11) is 0. The van der Waals surface area contributed by atoms with E-state index in [1.807, 2.05) is 0 Å². The van der Waals surface area contributed by atoms with E-state index in [9.17, 15) is 20.1 Å². The first-order valence-electron chi connectivity index (χ1n) is 7.66. The molecule has 0 aromatic carbocycles. The normalized spacial score (nSPS) is 32.5. The van der Waals surface area contributed by atoms with Crippen LogP contribution in [0.2, 0.25) is 0 Å². The summed E-state index contributed by atoms with van der Waals surface area (Å²) in [4.78, 5) is 13.7. The van der Waals surface area contributed by atoms with Crippen LogP contribution >= 0.6 is 0 Å². The number of nitrogens with zero attached hydrogens (tertiary/aromatic N) is 1. The third-order valence-electron chi connectivity index (χ3n) is 4.75. The zero-order valence-electron chi connectivity index (χ0n) is 13.1. The lowest BCUT2D eigenvalue weighted by atomic mass is 9.71. The molecule has 6 heteroatoms. The van der Waals surface area contributed by atoms with E-state index in [-0.39, 0.29) is 6.61 Å². The van der Waals surface area contributed by atoms with Gasteiger partial charge in [0.25, 0.3) is 0 Å². The molecule has 0 bridgehead atoms. The third kappa shape index (κ3) is 3.17. The van der Waals surface area contributed by atoms with Crippen LogP contribution in [-0.2, 0) is 4.74 Å². The second kappa shape index (κ2) is 5.74. The van der Waals surface area contributed by atoms with Crippen LogP contribution in [0.1, 0.15) is 46.5 Å². The van der Waals surface area contributed by atoms with Crippen LogP contribution in [-0.4, -0.2) is 63.3 Å². The van der Waals surface area contributed by atoms with Gasteiger partial charge in [-0.25, -0.2) is 4.79 Å². The Kier molecular flexibility index (Phi) is 4.52. The molecule has 1 heterocycles. The van der Waals surface area contributed by atoms with Gasteiger partial charge in [0.2, 0.25) is 0 Å². The predicted molar refractivity (Wildman–Crippen MR) is 76.7 cm³/mol. The number of aliphatic hydroxyl groups is 3. The summed E-state index contributed by atoms with van der Waals surface area (Å²) < 4.78 is 5.36. The van der Waals surface area contributed by atoms with Gasteiger partial charge >= 0.3 is 6.09 Å². The summed E-state index contributed by atoms with van der Waals surface area (Å²) in [5.41, 5.74) is -1.18. The molecule has 1 aliphatic heterocycles. The second-order valence-electron chi connectivity index (χ2n) is 7.31. The highest BCUT2D eigenvalue weighted by molar-refractivity contribution is 5.68. The fraction of sp³-hybridized carbons (Fsp3) is 0.933. The Morgan fingerprint density at radius 3 is 2.33 bits per heavy atom. The maximum absolute atomic E-state index is 12.2. The monoisotopic (exact) mass is 301 g/mol. The van der Waals surface area contributed by atoms with Gasteiger partial charge in [-0.3, -0.25) is 0 Å². The number of hydrogen-bond donors (Lipinski definition) is 3. The minimum atomic E-state index is -0.591. The molecule has 3 N–H and O–H groups in total. The summed E-state index contributed by atoms with van der Waals surface area (Å²) in [6, 6.07) is -0.420. The van der Waals surface area contributed by atoms with Crippen molar-refractivity contribution in [3.05, 3.63) is 0 Å². The minimum absolute atomic E-state index is 0.194. The lowest BCUT2D eigenvalue weighted by Gasteiger charge is -2.47. The number of hydrogen-bond acceptors (Lipinski definition) is 5. The standard InChI is InChI=1S/C15H27NO5/c1-14(2,3)21-13(20)16-7-6-15(8-10(16)9-17)11(18)4-5-12(15)19/h10-12,17-19H,4-9H2,1-3H3/t10-,11-,12-/m1/s1. The van der Waals surface area contributed by atoms with Crippen molar-refractivity contribution in [2.24, 2.45) is 5.41 Å². The summed E-state index contributed by atoms with van der Waals surface area (Å²) in [5, 5.41) is 30.1. The molecule has 0 aromatic rings. The van der Waals surface area contributed by atoms with Crippen molar-refractivity contribution in [3.8, 4) is 0 Å². The fourth-order valence-corrected chi connectivity index (χ4v) is 3.60. The van der Waals surface area contributed by atoms with E-state index >= 15 is 0 Å². The molecule has 21 heavy (non-hydrogen) atoms. The van der Waals surface area contributed by atoms with E-state index in [0.29, 0.717) is 32.2 Å². The quantitative estimate of drug-likeness (QED) is 0.669. The van der Waals surface area contributed by atoms with Crippen LogP contribution in [0.4, 0.5) is 4.79 Å².